The summed E-state index contributed by atoms with van der Waals surface area (Å²) in [5.41, 5.74) is 3.75. The molecule has 38 heavy (non-hydrogen) atoms. The third kappa shape index (κ3) is 6.49. The van der Waals surface area contributed by atoms with Crippen LogP contribution in [0.15, 0.2) is 96.0 Å². The number of esters is 1. The maximum atomic E-state index is 12.3. The van der Waals surface area contributed by atoms with Crippen molar-refractivity contribution >= 4 is 29.2 Å². The molecule has 3 aromatic carbocycles. The molecule has 0 amide bonds. The van der Waals surface area contributed by atoms with Crippen LogP contribution >= 0.6 is 11.8 Å². The van der Waals surface area contributed by atoms with Crippen molar-refractivity contribution in [3.8, 4) is 28.5 Å². The number of carbonyl (C=O) groups excluding carboxylic acids is 2. The molecule has 0 saturated heterocycles. The van der Waals surface area contributed by atoms with Crippen LogP contribution in [0.2, 0.25) is 0 Å². The van der Waals surface area contributed by atoms with E-state index < -0.39 is 23.3 Å². The number of carbonyl (C=O) groups is 2. The quantitative estimate of drug-likeness (QED) is 0.0803. The molecular weight excluding hydrogens is 502 g/mol. The van der Waals surface area contributed by atoms with Gasteiger partial charge in [-0.1, -0.05) is 60.7 Å². The lowest BCUT2D eigenvalue weighted by molar-refractivity contribution is -0.384. The molecule has 8 nitrogen and oxygen atoms in total. The van der Waals surface area contributed by atoms with Crippen LogP contribution in [0.3, 0.4) is 0 Å². The van der Waals surface area contributed by atoms with E-state index in [9.17, 15) is 25.0 Å². The average Bonchev–Trinajstić information content (AvgIpc) is 2.96. The number of nitro benzene ring substituents is 1. The summed E-state index contributed by atoms with van der Waals surface area (Å²) < 4.78 is 5.10. The lowest BCUT2D eigenvalue weighted by Gasteiger charge is -2.12. The monoisotopic (exact) mass is 523 g/mol. The van der Waals surface area contributed by atoms with E-state index in [2.05, 4.69) is 6.07 Å². The second-order valence-corrected chi connectivity index (χ2v) is 9.15. The molecule has 0 spiro atoms. The minimum Gasteiger partial charge on any atom is -0.457 e. The van der Waals surface area contributed by atoms with Gasteiger partial charge >= 0.3 is 5.97 Å². The van der Waals surface area contributed by atoms with Gasteiger partial charge in [0.2, 0.25) is 0 Å². The summed E-state index contributed by atoms with van der Waals surface area (Å²) in [7, 11) is 0. The van der Waals surface area contributed by atoms with Crippen molar-refractivity contribution < 1.29 is 19.2 Å². The Bertz CT molecular complexity index is 1500. The Labute approximate surface area is 223 Å². The minimum atomic E-state index is -0.575. The molecule has 1 aromatic heterocycles. The van der Waals surface area contributed by atoms with E-state index in [1.165, 1.54) is 36.0 Å². The number of nitrogens with zero attached hydrogens (tertiary/aromatic N) is 3. The fraction of sp³-hybridized carbons (Fsp3) is 0.103. The van der Waals surface area contributed by atoms with E-state index in [0.29, 0.717) is 22.0 Å². The smallest absolute Gasteiger partial charge is 0.307 e. The van der Waals surface area contributed by atoms with Crippen LogP contribution in [0.5, 0.6) is 0 Å². The zero-order valence-corrected chi connectivity index (χ0v) is 20.9. The topological polar surface area (TPSA) is 123 Å². The number of nitriles is 1. The van der Waals surface area contributed by atoms with Gasteiger partial charge in [-0.25, -0.2) is 4.98 Å². The molecule has 4 aromatic rings. The first kappa shape index (κ1) is 26.3. The van der Waals surface area contributed by atoms with Crippen LogP contribution in [-0.4, -0.2) is 34.0 Å². The summed E-state index contributed by atoms with van der Waals surface area (Å²) in [6, 6.07) is 28.4. The highest BCUT2D eigenvalue weighted by molar-refractivity contribution is 7.99. The zero-order chi connectivity index (χ0) is 26.9. The van der Waals surface area contributed by atoms with Gasteiger partial charge in [-0.3, -0.25) is 19.7 Å². The fourth-order valence-corrected chi connectivity index (χ4v) is 4.56. The first-order valence-electron chi connectivity index (χ1n) is 11.6. The Morgan fingerprint density at radius 2 is 1.58 bits per heavy atom. The average molecular weight is 524 g/mol. The molecular formula is C29H21N3O5S. The van der Waals surface area contributed by atoms with E-state index in [0.717, 1.165) is 16.7 Å². The normalized spacial score (nSPS) is 10.4. The van der Waals surface area contributed by atoms with Crippen molar-refractivity contribution in [1.29, 1.82) is 5.26 Å². The summed E-state index contributed by atoms with van der Waals surface area (Å²) in [6.45, 7) is -0.468. The number of rotatable bonds is 10. The highest BCUT2D eigenvalue weighted by Gasteiger charge is 2.17. The van der Waals surface area contributed by atoms with Crippen molar-refractivity contribution in [2.24, 2.45) is 0 Å². The van der Waals surface area contributed by atoms with Crippen molar-refractivity contribution in [3.05, 3.63) is 112 Å². The molecule has 0 aliphatic carbocycles. The number of benzene rings is 3. The predicted octanol–water partition coefficient (Wildman–Crippen LogP) is 6.10. The van der Waals surface area contributed by atoms with Gasteiger partial charge in [-0.2, -0.15) is 5.26 Å². The molecule has 188 valence electrons. The molecule has 0 radical (unpaired) electrons. The van der Waals surface area contributed by atoms with Crippen LogP contribution in [-0.2, 0) is 9.53 Å². The SMILES string of the molecule is N#Cc1c(-c2ccccc2)cc(-c2ccccc2)nc1SCCC(=O)OCC(=O)c1ccc([N+](=O)[O-])cc1. The van der Waals surface area contributed by atoms with E-state index in [1.54, 1.807) is 0 Å². The highest BCUT2D eigenvalue weighted by atomic mass is 32.2. The van der Waals surface area contributed by atoms with Gasteiger partial charge in [0.1, 0.15) is 11.1 Å². The molecule has 0 aliphatic heterocycles. The minimum absolute atomic E-state index is 0.000984. The number of thioether (sulfide) groups is 1. The van der Waals surface area contributed by atoms with Gasteiger partial charge < -0.3 is 4.74 Å². The standard InChI is InChI=1S/C29H21N3O5S/c30-18-25-24(20-7-3-1-4-8-20)17-26(21-9-5-2-6-10-21)31-29(25)38-16-15-28(34)37-19-27(33)22-11-13-23(14-12-22)32(35)36/h1-14,17H,15-16,19H2. The molecule has 4 rings (SSSR count). The summed E-state index contributed by atoms with van der Waals surface area (Å²) in [6.07, 6.45) is 0.000984. The van der Waals surface area contributed by atoms with Crippen LogP contribution in [0.4, 0.5) is 5.69 Å². The third-order valence-corrected chi connectivity index (χ3v) is 6.54. The highest BCUT2D eigenvalue weighted by Crippen LogP contribution is 2.34. The second-order valence-electron chi connectivity index (χ2n) is 8.07. The molecule has 0 bridgehead atoms. The van der Waals surface area contributed by atoms with Crippen LogP contribution in [0.25, 0.3) is 22.4 Å². The van der Waals surface area contributed by atoms with Crippen LogP contribution in [0, 0.1) is 21.4 Å². The molecule has 0 N–H and O–H groups in total. The Kier molecular flexibility index (Phi) is 8.59. The number of ketones is 1. The summed E-state index contributed by atoms with van der Waals surface area (Å²) in [4.78, 5) is 39.4. The molecule has 0 saturated carbocycles. The number of hydrogen-bond acceptors (Lipinski definition) is 8. The van der Waals surface area contributed by atoms with Gasteiger partial charge in [0, 0.05) is 34.6 Å². The number of aromatic nitrogens is 1. The largest absolute Gasteiger partial charge is 0.457 e. The van der Waals surface area contributed by atoms with E-state index in [1.807, 2.05) is 66.7 Å². The van der Waals surface area contributed by atoms with Crippen LogP contribution < -0.4 is 0 Å². The summed E-state index contributed by atoms with van der Waals surface area (Å²) >= 11 is 1.27. The number of pyridine rings is 1. The first-order chi connectivity index (χ1) is 18.5. The third-order valence-electron chi connectivity index (χ3n) is 5.56. The lowest BCUT2D eigenvalue weighted by Crippen LogP contribution is -2.14. The maximum absolute atomic E-state index is 12.3. The molecule has 0 fully saturated rings. The lowest BCUT2D eigenvalue weighted by atomic mass is 9.99. The number of Topliss-reactive ketones (excluding diaryl/α,β-unsaturated/α-hetero) is 1. The Morgan fingerprint density at radius 1 is 0.947 bits per heavy atom. The van der Waals surface area contributed by atoms with E-state index in [-0.39, 0.29) is 17.7 Å². The maximum Gasteiger partial charge on any atom is 0.307 e. The number of hydrogen-bond donors (Lipinski definition) is 0. The fourth-order valence-electron chi connectivity index (χ4n) is 3.64. The predicted molar refractivity (Wildman–Crippen MR) is 144 cm³/mol. The van der Waals surface area contributed by atoms with E-state index >= 15 is 0 Å². The van der Waals surface area contributed by atoms with Gasteiger partial charge in [0.05, 0.1) is 22.6 Å². The van der Waals surface area contributed by atoms with Gasteiger partial charge in [-0.15, -0.1) is 11.8 Å². The molecule has 0 aliphatic rings. The van der Waals surface area contributed by atoms with Gasteiger partial charge in [0.15, 0.2) is 12.4 Å². The first-order valence-corrected chi connectivity index (χ1v) is 12.6. The van der Waals surface area contributed by atoms with Crippen molar-refractivity contribution in [1.82, 2.24) is 4.98 Å². The Morgan fingerprint density at radius 3 is 2.18 bits per heavy atom. The van der Waals surface area contributed by atoms with E-state index in [4.69, 9.17) is 9.72 Å². The van der Waals surface area contributed by atoms with Crippen molar-refractivity contribution in [3.63, 3.8) is 0 Å². The zero-order valence-electron chi connectivity index (χ0n) is 20.1. The van der Waals surface area contributed by atoms with Crippen molar-refractivity contribution in [2.75, 3.05) is 12.4 Å². The Balaban J connectivity index is 1.44. The van der Waals surface area contributed by atoms with Gasteiger partial charge in [-0.05, 0) is 23.8 Å². The molecule has 0 unspecified atom stereocenters. The summed E-state index contributed by atoms with van der Waals surface area (Å²) in [5, 5.41) is 21.2. The van der Waals surface area contributed by atoms with Gasteiger partial charge in [0.25, 0.3) is 5.69 Å². The molecule has 1 heterocycles. The number of ether oxygens (including phenoxy) is 1. The van der Waals surface area contributed by atoms with Crippen LogP contribution in [0.1, 0.15) is 22.3 Å². The molecule has 0 atom stereocenters. The second kappa shape index (κ2) is 12.4. The summed E-state index contributed by atoms with van der Waals surface area (Å²) in [5.74, 6) is -0.746. The Hall–Kier alpha value is -4.81. The number of nitro groups is 1. The molecule has 9 heteroatoms. The van der Waals surface area contributed by atoms with Crippen molar-refractivity contribution in [2.45, 2.75) is 11.4 Å². The number of non-ortho nitro benzene ring substituents is 1.